The second-order valence-corrected chi connectivity index (χ2v) is 9.80. The number of esters is 1. The van der Waals surface area contributed by atoms with E-state index in [1.807, 2.05) is 44.2 Å². The van der Waals surface area contributed by atoms with Gasteiger partial charge in [-0.3, -0.25) is 4.79 Å². The zero-order chi connectivity index (χ0) is 20.1. The van der Waals surface area contributed by atoms with E-state index in [1.165, 1.54) is 4.31 Å². The van der Waals surface area contributed by atoms with Gasteiger partial charge in [0.25, 0.3) is 0 Å². The van der Waals surface area contributed by atoms with E-state index in [2.05, 4.69) is 0 Å². The summed E-state index contributed by atoms with van der Waals surface area (Å²) in [4.78, 5) is 13.1. The van der Waals surface area contributed by atoms with E-state index in [0.29, 0.717) is 24.5 Å². The second kappa shape index (κ2) is 9.11. The van der Waals surface area contributed by atoms with Crippen molar-refractivity contribution in [3.63, 3.8) is 0 Å². The van der Waals surface area contributed by atoms with Gasteiger partial charge in [-0.25, -0.2) is 8.42 Å². The van der Waals surface area contributed by atoms with Gasteiger partial charge in [-0.2, -0.15) is 16.1 Å². The van der Waals surface area contributed by atoms with E-state index >= 15 is 0 Å². The first-order chi connectivity index (χ1) is 13.4. The van der Waals surface area contributed by atoms with E-state index in [0.717, 1.165) is 11.1 Å². The van der Waals surface area contributed by atoms with Crippen LogP contribution in [-0.2, 0) is 19.6 Å². The molecule has 2 aromatic rings. The summed E-state index contributed by atoms with van der Waals surface area (Å²) in [5.41, 5.74) is 1.90. The van der Waals surface area contributed by atoms with Crippen LogP contribution in [0.3, 0.4) is 0 Å². The Balaban J connectivity index is 1.82. The molecule has 1 aliphatic rings. The van der Waals surface area contributed by atoms with Crippen LogP contribution in [0.1, 0.15) is 30.6 Å². The van der Waals surface area contributed by atoms with Gasteiger partial charge >= 0.3 is 5.97 Å². The van der Waals surface area contributed by atoms with Crippen LogP contribution in [0.4, 0.5) is 0 Å². The lowest BCUT2D eigenvalue weighted by atomic mass is 10.1. The molecular formula is C21H25NO4S2. The molecule has 0 aromatic heterocycles. The zero-order valence-electron chi connectivity index (χ0n) is 16.1. The molecule has 1 unspecified atom stereocenters. The van der Waals surface area contributed by atoms with Crippen molar-refractivity contribution < 1.29 is 17.9 Å². The lowest BCUT2D eigenvalue weighted by Crippen LogP contribution is -2.50. The smallest absolute Gasteiger partial charge is 0.325 e. The van der Waals surface area contributed by atoms with Crippen molar-refractivity contribution in [2.45, 2.75) is 37.3 Å². The number of nitrogens with zero attached hydrogens (tertiary/aromatic N) is 1. The van der Waals surface area contributed by atoms with E-state index in [9.17, 15) is 13.2 Å². The molecule has 150 valence electrons. The predicted octanol–water partition coefficient (Wildman–Crippen LogP) is 3.80. The molecule has 1 aliphatic heterocycles. The fourth-order valence-electron chi connectivity index (χ4n) is 3.18. The Morgan fingerprint density at radius 1 is 1.18 bits per heavy atom. The van der Waals surface area contributed by atoms with Gasteiger partial charge in [0.05, 0.1) is 4.90 Å². The Bertz CT molecular complexity index is 898. The summed E-state index contributed by atoms with van der Waals surface area (Å²) in [6.07, 6.45) is 0.241. The Labute approximate surface area is 171 Å². The molecule has 7 heteroatoms. The Morgan fingerprint density at radius 3 is 2.50 bits per heavy atom. The molecule has 0 spiro atoms. The van der Waals surface area contributed by atoms with Crippen molar-refractivity contribution >= 4 is 27.8 Å². The standard InChI is InChI=1S/C21H25NO4S2/c1-3-20(17-7-5-4-6-8-17)26-21(23)19-15-27-14-13-22(19)28(24,25)18-11-9-16(2)10-12-18/h4-12,19-20H,3,13-15H2,1-2H3/t19-,20?/m0/s1. The van der Waals surface area contributed by atoms with Crippen LogP contribution in [0.15, 0.2) is 59.5 Å². The van der Waals surface area contributed by atoms with Crippen molar-refractivity contribution in [2.75, 3.05) is 18.1 Å². The van der Waals surface area contributed by atoms with Gasteiger partial charge in [0.1, 0.15) is 12.1 Å². The average Bonchev–Trinajstić information content (AvgIpc) is 2.72. The maximum Gasteiger partial charge on any atom is 0.325 e. The SMILES string of the molecule is CCC(OC(=O)[C@@H]1CSCCN1S(=O)(=O)c1ccc(C)cc1)c1ccccc1. The molecule has 0 N–H and O–H groups in total. The second-order valence-electron chi connectivity index (χ2n) is 6.76. The quantitative estimate of drug-likeness (QED) is 0.667. The number of thioether (sulfide) groups is 1. The monoisotopic (exact) mass is 419 g/mol. The van der Waals surface area contributed by atoms with E-state index in [4.69, 9.17) is 4.74 Å². The molecule has 28 heavy (non-hydrogen) atoms. The maximum atomic E-state index is 13.1. The van der Waals surface area contributed by atoms with Crippen molar-refractivity contribution in [3.8, 4) is 0 Å². The highest BCUT2D eigenvalue weighted by atomic mass is 32.2. The molecule has 1 heterocycles. The molecule has 3 rings (SSSR count). The highest BCUT2D eigenvalue weighted by Crippen LogP contribution is 2.28. The fourth-order valence-corrected chi connectivity index (χ4v) is 6.00. The van der Waals surface area contributed by atoms with Crippen LogP contribution < -0.4 is 0 Å². The third-order valence-corrected chi connectivity index (χ3v) is 7.72. The van der Waals surface area contributed by atoms with Gasteiger partial charge in [0.2, 0.25) is 10.0 Å². The van der Waals surface area contributed by atoms with Crippen molar-refractivity contribution in [3.05, 3.63) is 65.7 Å². The number of hydrogen-bond donors (Lipinski definition) is 0. The first kappa shape index (κ1) is 20.9. The van der Waals surface area contributed by atoms with Crippen LogP contribution in [0, 0.1) is 6.92 Å². The molecule has 1 fully saturated rings. The van der Waals surface area contributed by atoms with E-state index in [1.54, 1.807) is 36.0 Å². The van der Waals surface area contributed by atoms with Gasteiger partial charge in [-0.05, 0) is 31.0 Å². The summed E-state index contributed by atoms with van der Waals surface area (Å²) in [6, 6.07) is 15.4. The molecule has 5 nitrogen and oxygen atoms in total. The molecule has 0 bridgehead atoms. The molecule has 2 aromatic carbocycles. The fraction of sp³-hybridized carbons (Fsp3) is 0.381. The third-order valence-electron chi connectivity index (χ3n) is 4.78. The largest absolute Gasteiger partial charge is 0.456 e. The number of hydrogen-bond acceptors (Lipinski definition) is 5. The molecular weight excluding hydrogens is 394 g/mol. The molecule has 0 radical (unpaired) electrons. The lowest BCUT2D eigenvalue weighted by Gasteiger charge is -2.33. The minimum Gasteiger partial charge on any atom is -0.456 e. The average molecular weight is 420 g/mol. The molecule has 0 amide bonds. The zero-order valence-corrected chi connectivity index (χ0v) is 17.7. The number of benzene rings is 2. The third kappa shape index (κ3) is 4.59. The topological polar surface area (TPSA) is 63.7 Å². The molecule has 0 aliphatic carbocycles. The summed E-state index contributed by atoms with van der Waals surface area (Å²) >= 11 is 1.57. The summed E-state index contributed by atoms with van der Waals surface area (Å²) in [5.74, 6) is 0.568. The van der Waals surface area contributed by atoms with Crippen molar-refractivity contribution in [1.82, 2.24) is 4.31 Å². The van der Waals surface area contributed by atoms with E-state index < -0.39 is 22.0 Å². The molecule has 0 saturated carbocycles. The molecule has 1 saturated heterocycles. The van der Waals surface area contributed by atoms with Crippen LogP contribution in [0.25, 0.3) is 0 Å². The predicted molar refractivity (Wildman–Crippen MR) is 112 cm³/mol. The summed E-state index contributed by atoms with van der Waals surface area (Å²) in [6.45, 7) is 4.15. The first-order valence-electron chi connectivity index (χ1n) is 9.35. The summed E-state index contributed by atoms with van der Waals surface area (Å²) in [5, 5.41) is 0. The van der Waals surface area contributed by atoms with Crippen molar-refractivity contribution in [2.24, 2.45) is 0 Å². The Morgan fingerprint density at radius 2 is 1.86 bits per heavy atom. The minimum atomic E-state index is -3.76. The number of rotatable bonds is 6. The highest BCUT2D eigenvalue weighted by molar-refractivity contribution is 7.99. The normalized spacial score (nSPS) is 19.1. The molecule has 2 atom stereocenters. The lowest BCUT2D eigenvalue weighted by molar-refractivity contribution is -0.153. The van der Waals surface area contributed by atoms with Crippen LogP contribution in [0.2, 0.25) is 0 Å². The van der Waals surface area contributed by atoms with Gasteiger partial charge in [-0.1, -0.05) is 55.0 Å². The van der Waals surface area contributed by atoms with Crippen LogP contribution in [-0.4, -0.2) is 42.8 Å². The first-order valence-corrected chi connectivity index (χ1v) is 11.9. The number of sulfonamides is 1. The van der Waals surface area contributed by atoms with Gasteiger partial charge < -0.3 is 4.74 Å². The summed E-state index contributed by atoms with van der Waals surface area (Å²) in [7, 11) is -3.76. The van der Waals surface area contributed by atoms with Crippen molar-refractivity contribution in [1.29, 1.82) is 0 Å². The van der Waals surface area contributed by atoms with Gasteiger partial charge in [0, 0.05) is 18.1 Å². The number of ether oxygens (including phenoxy) is 1. The minimum absolute atomic E-state index is 0.206. The van der Waals surface area contributed by atoms with Crippen LogP contribution in [0.5, 0.6) is 0 Å². The van der Waals surface area contributed by atoms with E-state index in [-0.39, 0.29) is 11.0 Å². The van der Waals surface area contributed by atoms with Gasteiger partial charge in [0.15, 0.2) is 0 Å². The summed E-state index contributed by atoms with van der Waals surface area (Å²) < 4.78 is 33.3. The highest BCUT2D eigenvalue weighted by Gasteiger charge is 2.39. The maximum absolute atomic E-state index is 13.1. The number of carbonyl (C=O) groups excluding carboxylic acids is 1. The van der Waals surface area contributed by atoms with Gasteiger partial charge in [-0.15, -0.1) is 0 Å². The Hall–Kier alpha value is -1.83. The Kier molecular flexibility index (Phi) is 6.80. The number of carbonyl (C=O) groups is 1. The number of aryl methyl sites for hydroxylation is 1. The van der Waals surface area contributed by atoms with Crippen LogP contribution >= 0.6 is 11.8 Å².